The molecular weight excluding hydrogens is 122 g/mol. The van der Waals surface area contributed by atoms with Gasteiger partial charge in [-0.25, -0.2) is 0 Å². The van der Waals surface area contributed by atoms with Crippen molar-refractivity contribution in [2.24, 2.45) is 4.99 Å². The van der Waals surface area contributed by atoms with Crippen molar-refractivity contribution < 1.29 is 0 Å². The van der Waals surface area contributed by atoms with Crippen LogP contribution in [0.5, 0.6) is 0 Å². The van der Waals surface area contributed by atoms with Crippen LogP contribution in [-0.2, 0) is 0 Å². The lowest BCUT2D eigenvalue weighted by molar-refractivity contribution is 1.34. The summed E-state index contributed by atoms with van der Waals surface area (Å²) < 4.78 is 0. The molecule has 0 spiro atoms. The van der Waals surface area contributed by atoms with Gasteiger partial charge in [0.1, 0.15) is 0 Å². The second-order valence-corrected chi connectivity index (χ2v) is 2.72. The van der Waals surface area contributed by atoms with Crippen molar-refractivity contribution in [3.8, 4) is 0 Å². The fourth-order valence-electron chi connectivity index (χ4n) is 1.42. The smallest absolute Gasteiger partial charge is 0.0708 e. The van der Waals surface area contributed by atoms with Crippen LogP contribution in [0.4, 0.5) is 0 Å². The third kappa shape index (κ3) is 0.548. The molecule has 0 unspecified atom stereocenters. The van der Waals surface area contributed by atoms with Crippen LogP contribution in [0.25, 0.3) is 0 Å². The van der Waals surface area contributed by atoms with Crippen molar-refractivity contribution in [1.29, 1.82) is 0 Å². The van der Waals surface area contributed by atoms with Crippen LogP contribution in [0.3, 0.4) is 0 Å². The molecule has 1 nitrogen and oxygen atoms in total. The molecule has 0 aromatic carbocycles. The molecule has 10 heavy (non-hydrogen) atoms. The molecule has 0 radical (unpaired) electrons. The Balaban J connectivity index is 2.59. The van der Waals surface area contributed by atoms with E-state index < -0.39 is 0 Å². The second-order valence-electron chi connectivity index (χ2n) is 2.72. The summed E-state index contributed by atoms with van der Waals surface area (Å²) in [6.45, 7) is 4.22. The van der Waals surface area contributed by atoms with Crippen molar-refractivity contribution in [2.75, 3.05) is 0 Å². The van der Waals surface area contributed by atoms with Crippen LogP contribution in [0.2, 0.25) is 0 Å². The SMILES string of the molecule is CC1=CC=C2N=CC(C)=C12. The zero-order valence-corrected chi connectivity index (χ0v) is 6.18. The van der Waals surface area contributed by atoms with Crippen LogP contribution in [-0.4, -0.2) is 6.21 Å². The maximum Gasteiger partial charge on any atom is 0.0708 e. The fourth-order valence-corrected chi connectivity index (χ4v) is 1.42. The van der Waals surface area contributed by atoms with Gasteiger partial charge in [-0.15, -0.1) is 0 Å². The van der Waals surface area contributed by atoms with E-state index in [9.17, 15) is 0 Å². The van der Waals surface area contributed by atoms with Crippen molar-refractivity contribution in [3.05, 3.63) is 34.6 Å². The van der Waals surface area contributed by atoms with E-state index in [4.69, 9.17) is 0 Å². The number of hydrogen-bond donors (Lipinski definition) is 0. The summed E-state index contributed by atoms with van der Waals surface area (Å²) in [6.07, 6.45) is 6.11. The number of allylic oxidation sites excluding steroid dienone is 4. The van der Waals surface area contributed by atoms with Gasteiger partial charge in [-0.2, -0.15) is 0 Å². The lowest BCUT2D eigenvalue weighted by Crippen LogP contribution is -1.82. The maximum absolute atomic E-state index is 4.24. The topological polar surface area (TPSA) is 12.4 Å². The van der Waals surface area contributed by atoms with Gasteiger partial charge in [0.2, 0.25) is 0 Å². The molecule has 0 bridgehead atoms. The Morgan fingerprint density at radius 3 is 2.70 bits per heavy atom. The van der Waals surface area contributed by atoms with Crippen LogP contribution >= 0.6 is 0 Å². The van der Waals surface area contributed by atoms with E-state index in [2.05, 4.69) is 31.0 Å². The summed E-state index contributed by atoms with van der Waals surface area (Å²) in [5.74, 6) is 0. The standard InChI is InChI=1S/C9H9N/c1-6-3-4-8-9(6)7(2)5-10-8/h3-5H,1-2H3. The minimum absolute atomic E-state index is 1.13. The molecule has 2 rings (SSSR count). The normalized spacial score (nSPS) is 21.4. The molecule has 0 N–H and O–H groups in total. The molecule has 0 amide bonds. The molecule has 0 atom stereocenters. The quantitative estimate of drug-likeness (QED) is 0.478. The van der Waals surface area contributed by atoms with E-state index in [1.165, 1.54) is 16.7 Å². The first kappa shape index (κ1) is 5.66. The third-order valence-electron chi connectivity index (χ3n) is 1.93. The van der Waals surface area contributed by atoms with Crippen molar-refractivity contribution in [3.63, 3.8) is 0 Å². The van der Waals surface area contributed by atoms with Crippen LogP contribution in [0.1, 0.15) is 13.8 Å². The van der Waals surface area contributed by atoms with E-state index in [0.717, 1.165) is 5.70 Å². The van der Waals surface area contributed by atoms with Gasteiger partial charge in [0.25, 0.3) is 0 Å². The summed E-state index contributed by atoms with van der Waals surface area (Å²) in [7, 11) is 0. The zero-order valence-electron chi connectivity index (χ0n) is 6.18. The third-order valence-corrected chi connectivity index (χ3v) is 1.93. The Morgan fingerprint density at radius 2 is 2.00 bits per heavy atom. The highest BCUT2D eigenvalue weighted by Gasteiger charge is 2.17. The Labute approximate surface area is 60.5 Å². The Morgan fingerprint density at radius 1 is 1.20 bits per heavy atom. The number of hydrogen-bond acceptors (Lipinski definition) is 1. The van der Waals surface area contributed by atoms with Crippen molar-refractivity contribution >= 4 is 6.21 Å². The monoisotopic (exact) mass is 131 g/mol. The van der Waals surface area contributed by atoms with E-state index in [0.29, 0.717) is 0 Å². The lowest BCUT2D eigenvalue weighted by Gasteiger charge is -1.97. The fraction of sp³-hybridized carbons (Fsp3) is 0.222. The number of aliphatic imine (C=N–C) groups is 1. The molecular formula is C9H9N. The van der Waals surface area contributed by atoms with Gasteiger partial charge in [0, 0.05) is 11.8 Å². The Hall–Kier alpha value is -1.11. The van der Waals surface area contributed by atoms with Gasteiger partial charge < -0.3 is 0 Å². The number of nitrogens with zero attached hydrogens (tertiary/aromatic N) is 1. The molecule has 50 valence electrons. The molecule has 1 heteroatoms. The van der Waals surface area contributed by atoms with E-state index in [1.807, 2.05) is 6.21 Å². The van der Waals surface area contributed by atoms with Gasteiger partial charge >= 0.3 is 0 Å². The van der Waals surface area contributed by atoms with Crippen LogP contribution < -0.4 is 0 Å². The first-order valence-corrected chi connectivity index (χ1v) is 3.43. The van der Waals surface area contributed by atoms with Crippen LogP contribution in [0.15, 0.2) is 39.6 Å². The Kier molecular flexibility index (Phi) is 0.956. The van der Waals surface area contributed by atoms with Crippen molar-refractivity contribution in [2.45, 2.75) is 13.8 Å². The second kappa shape index (κ2) is 1.69. The zero-order chi connectivity index (χ0) is 7.14. The number of rotatable bonds is 0. The summed E-state index contributed by atoms with van der Waals surface area (Å²) in [4.78, 5) is 4.24. The average molecular weight is 131 g/mol. The summed E-state index contributed by atoms with van der Waals surface area (Å²) in [5.41, 5.74) is 5.09. The van der Waals surface area contributed by atoms with E-state index in [1.54, 1.807) is 0 Å². The van der Waals surface area contributed by atoms with Gasteiger partial charge in [0.05, 0.1) is 5.70 Å². The lowest BCUT2D eigenvalue weighted by atomic mass is 10.1. The van der Waals surface area contributed by atoms with Gasteiger partial charge in [-0.05, 0) is 31.1 Å². The minimum Gasteiger partial charge on any atom is -0.256 e. The molecule has 0 saturated carbocycles. The van der Waals surface area contributed by atoms with Crippen LogP contribution in [0, 0.1) is 0 Å². The summed E-state index contributed by atoms with van der Waals surface area (Å²) in [6, 6.07) is 0. The molecule has 0 aromatic rings. The molecule has 0 fully saturated rings. The highest BCUT2D eigenvalue weighted by Crippen LogP contribution is 2.32. The molecule has 2 aliphatic rings. The molecule has 0 saturated heterocycles. The Bertz CT molecular complexity index is 301. The predicted octanol–water partition coefficient (Wildman–Crippen LogP) is 2.23. The van der Waals surface area contributed by atoms with E-state index >= 15 is 0 Å². The molecule has 1 aliphatic carbocycles. The minimum atomic E-state index is 1.13. The predicted molar refractivity (Wildman–Crippen MR) is 43.0 cm³/mol. The van der Waals surface area contributed by atoms with Crippen molar-refractivity contribution in [1.82, 2.24) is 0 Å². The largest absolute Gasteiger partial charge is 0.256 e. The molecule has 1 heterocycles. The molecule has 1 aliphatic heterocycles. The summed E-state index contributed by atoms with van der Waals surface area (Å²) >= 11 is 0. The highest BCUT2D eigenvalue weighted by molar-refractivity contribution is 5.88. The first-order chi connectivity index (χ1) is 4.79. The first-order valence-electron chi connectivity index (χ1n) is 3.43. The van der Waals surface area contributed by atoms with E-state index in [-0.39, 0.29) is 0 Å². The van der Waals surface area contributed by atoms with Gasteiger partial charge in [0.15, 0.2) is 0 Å². The summed E-state index contributed by atoms with van der Waals surface area (Å²) in [5, 5.41) is 0. The van der Waals surface area contributed by atoms with Gasteiger partial charge in [-0.1, -0.05) is 6.08 Å². The highest BCUT2D eigenvalue weighted by atomic mass is 14.8. The maximum atomic E-state index is 4.24. The average Bonchev–Trinajstić information content (AvgIpc) is 2.40. The molecule has 0 aromatic heterocycles. The van der Waals surface area contributed by atoms with Gasteiger partial charge in [-0.3, -0.25) is 4.99 Å². The number of fused-ring (bicyclic) bond motifs is 1.